The molecule has 0 spiro atoms. The fourth-order valence-corrected chi connectivity index (χ4v) is 6.15. The number of rotatable bonds is 8. The molecule has 0 radical (unpaired) electrons. The third kappa shape index (κ3) is 6.46. The van der Waals surface area contributed by atoms with E-state index in [9.17, 15) is 24.3 Å². The summed E-state index contributed by atoms with van der Waals surface area (Å²) in [4.78, 5) is 52.3. The number of para-hydroxylation sites is 1. The summed E-state index contributed by atoms with van der Waals surface area (Å²) in [6, 6.07) is 35.3. The highest BCUT2D eigenvalue weighted by Gasteiger charge is 2.29. The van der Waals surface area contributed by atoms with Crippen molar-refractivity contribution in [1.82, 2.24) is 5.32 Å². The molecule has 0 bridgehead atoms. The number of hydrogen-bond acceptors (Lipinski definition) is 6. The second-order valence-corrected chi connectivity index (χ2v) is 11.3. The van der Waals surface area contributed by atoms with Crippen LogP contribution in [0.5, 0.6) is 0 Å². The summed E-state index contributed by atoms with van der Waals surface area (Å²) >= 11 is 1.28. The van der Waals surface area contributed by atoms with Gasteiger partial charge in [-0.25, -0.2) is 4.79 Å². The van der Waals surface area contributed by atoms with Crippen LogP contribution in [0.25, 0.3) is 10.8 Å². The maximum absolute atomic E-state index is 13.7. The molecular weight excluding hydrogens is 588 g/mol. The summed E-state index contributed by atoms with van der Waals surface area (Å²) in [5, 5.41) is 21.4. The molecule has 0 aromatic heterocycles. The van der Waals surface area contributed by atoms with Crippen molar-refractivity contribution < 1.29 is 24.3 Å². The first-order valence-corrected chi connectivity index (χ1v) is 14.9. The Balaban J connectivity index is 1.23. The van der Waals surface area contributed by atoms with E-state index in [1.54, 1.807) is 60.7 Å². The number of aromatic carboxylic acids is 1. The van der Waals surface area contributed by atoms with Crippen molar-refractivity contribution >= 4 is 63.4 Å². The minimum Gasteiger partial charge on any atom is -0.478 e. The number of hydrogen-bond donors (Lipinski definition) is 3. The number of carbonyl (C=O) groups is 4. The van der Waals surface area contributed by atoms with Crippen molar-refractivity contribution in [2.75, 3.05) is 10.3 Å². The number of benzene rings is 5. The highest BCUT2D eigenvalue weighted by Crippen LogP contribution is 2.37. The predicted octanol–water partition coefficient (Wildman–Crippen LogP) is 6.49. The first kappa shape index (κ1) is 29.3. The van der Waals surface area contributed by atoms with Crippen LogP contribution in [-0.2, 0) is 9.59 Å². The normalized spacial score (nSPS) is 13.3. The Kier molecular flexibility index (Phi) is 8.39. The van der Waals surface area contributed by atoms with Crippen molar-refractivity contribution in [2.24, 2.45) is 5.10 Å². The van der Waals surface area contributed by atoms with Crippen molar-refractivity contribution in [2.45, 2.75) is 16.6 Å². The van der Waals surface area contributed by atoms with Crippen LogP contribution in [-0.4, -0.2) is 34.6 Å². The average molecular weight is 615 g/mol. The average Bonchev–Trinajstić information content (AvgIpc) is 3.43. The van der Waals surface area contributed by atoms with E-state index in [1.165, 1.54) is 22.8 Å². The minimum atomic E-state index is -1.12. The van der Waals surface area contributed by atoms with Crippen LogP contribution in [0.2, 0.25) is 0 Å². The molecule has 1 atom stereocenters. The zero-order valence-corrected chi connectivity index (χ0v) is 24.5. The molecule has 45 heavy (non-hydrogen) atoms. The fourth-order valence-electron chi connectivity index (χ4n) is 5.07. The number of fused-ring (bicyclic) bond motifs is 1. The third-order valence-corrected chi connectivity index (χ3v) is 8.36. The Bertz CT molecular complexity index is 1960. The summed E-state index contributed by atoms with van der Waals surface area (Å²) in [7, 11) is 0. The molecule has 10 heteroatoms. The largest absolute Gasteiger partial charge is 0.478 e. The first-order chi connectivity index (χ1) is 21.9. The summed E-state index contributed by atoms with van der Waals surface area (Å²) in [5.41, 5.74) is 2.12. The smallest absolute Gasteiger partial charge is 0.336 e. The SMILES string of the molecule is O=C(O)c1cccc2cccc(C(=O)Nc3cccc(SC(C(=O)NC4=NN(c5ccccc5)C(=O)C4)c4ccccc4)c3)c12. The lowest BCUT2D eigenvalue weighted by atomic mass is 9.98. The molecule has 0 aliphatic carbocycles. The van der Waals surface area contributed by atoms with Gasteiger partial charge >= 0.3 is 5.97 Å². The van der Waals surface area contributed by atoms with Gasteiger partial charge in [-0.15, -0.1) is 11.8 Å². The second kappa shape index (κ2) is 12.9. The highest BCUT2D eigenvalue weighted by molar-refractivity contribution is 8.00. The van der Waals surface area contributed by atoms with E-state index in [4.69, 9.17) is 0 Å². The highest BCUT2D eigenvalue weighted by atomic mass is 32.2. The van der Waals surface area contributed by atoms with Gasteiger partial charge in [0.25, 0.3) is 11.8 Å². The quantitative estimate of drug-likeness (QED) is 0.172. The molecular formula is C35H26N4O5S. The molecule has 0 fully saturated rings. The maximum Gasteiger partial charge on any atom is 0.336 e. The zero-order valence-electron chi connectivity index (χ0n) is 23.7. The molecule has 5 aromatic rings. The molecule has 1 heterocycles. The zero-order chi connectivity index (χ0) is 31.3. The molecule has 9 nitrogen and oxygen atoms in total. The van der Waals surface area contributed by atoms with Crippen molar-refractivity contribution in [3.8, 4) is 0 Å². The Hall–Kier alpha value is -5.74. The number of amides is 3. The maximum atomic E-state index is 13.7. The Morgan fingerprint density at radius 1 is 0.778 bits per heavy atom. The monoisotopic (exact) mass is 614 g/mol. The van der Waals surface area contributed by atoms with Gasteiger partial charge in [0.1, 0.15) is 11.1 Å². The first-order valence-electron chi connectivity index (χ1n) is 14.0. The van der Waals surface area contributed by atoms with Gasteiger partial charge in [-0.2, -0.15) is 10.1 Å². The van der Waals surface area contributed by atoms with Crippen LogP contribution in [0.1, 0.15) is 38.0 Å². The number of carboxylic acids is 1. The van der Waals surface area contributed by atoms with E-state index < -0.39 is 17.1 Å². The van der Waals surface area contributed by atoms with E-state index >= 15 is 0 Å². The standard InChI is InChI=1S/C35H26N4O5S/c40-30-21-29(38-39(30)25-15-5-2-6-16-25)37-34(42)32(23-10-3-1-4-11-23)45-26-17-9-14-24(20-26)36-33(41)27-18-7-12-22-13-8-19-28(31(22)27)35(43)44/h1-20,32H,21H2,(H,36,41)(H,43,44)(H,37,38,42). The molecule has 3 amide bonds. The molecule has 1 aliphatic rings. The summed E-state index contributed by atoms with van der Waals surface area (Å²) < 4.78 is 0. The molecule has 0 saturated carbocycles. The number of anilines is 2. The number of amidine groups is 1. The lowest BCUT2D eigenvalue weighted by Crippen LogP contribution is -2.33. The van der Waals surface area contributed by atoms with Gasteiger partial charge in [0.2, 0.25) is 5.91 Å². The van der Waals surface area contributed by atoms with Gasteiger partial charge in [0.15, 0.2) is 0 Å². The Morgan fingerprint density at radius 2 is 1.44 bits per heavy atom. The van der Waals surface area contributed by atoms with Crippen LogP contribution in [0.15, 0.2) is 131 Å². The van der Waals surface area contributed by atoms with Crippen LogP contribution >= 0.6 is 11.8 Å². The molecule has 3 N–H and O–H groups in total. The molecule has 6 rings (SSSR count). The lowest BCUT2D eigenvalue weighted by Gasteiger charge is -2.17. The van der Waals surface area contributed by atoms with Gasteiger partial charge in [0.05, 0.1) is 17.7 Å². The van der Waals surface area contributed by atoms with Crippen LogP contribution < -0.4 is 15.6 Å². The molecule has 1 aliphatic heterocycles. The van der Waals surface area contributed by atoms with E-state index in [1.807, 2.05) is 54.6 Å². The molecule has 5 aromatic carbocycles. The Labute approximate surface area is 262 Å². The van der Waals surface area contributed by atoms with Gasteiger partial charge in [-0.1, -0.05) is 78.9 Å². The van der Waals surface area contributed by atoms with E-state index in [0.717, 1.165) is 5.56 Å². The summed E-state index contributed by atoms with van der Waals surface area (Å²) in [6.07, 6.45) is -0.0356. The van der Waals surface area contributed by atoms with Crippen molar-refractivity contribution in [1.29, 1.82) is 0 Å². The molecule has 222 valence electrons. The number of nitrogens with zero attached hydrogens (tertiary/aromatic N) is 2. The second-order valence-electron chi connectivity index (χ2n) is 10.2. The third-order valence-electron chi connectivity index (χ3n) is 7.11. The van der Waals surface area contributed by atoms with Crippen LogP contribution in [0, 0.1) is 0 Å². The topological polar surface area (TPSA) is 128 Å². The fraction of sp³-hybridized carbons (Fsp3) is 0.0571. The number of nitrogens with one attached hydrogen (secondary N) is 2. The van der Waals surface area contributed by atoms with E-state index in [0.29, 0.717) is 27.0 Å². The number of carboxylic acid groups (broad SMARTS) is 1. The summed E-state index contributed by atoms with van der Waals surface area (Å²) in [5.74, 6) is -1.91. The van der Waals surface area contributed by atoms with Crippen LogP contribution in [0.3, 0.4) is 0 Å². The van der Waals surface area contributed by atoms with Gasteiger partial charge in [0, 0.05) is 21.5 Å². The molecule has 1 unspecified atom stereocenters. The number of carbonyl (C=O) groups excluding carboxylic acids is 3. The van der Waals surface area contributed by atoms with Gasteiger partial charge in [-0.05, 0) is 53.4 Å². The minimum absolute atomic E-state index is 0.0356. The number of hydrazone groups is 1. The lowest BCUT2D eigenvalue weighted by molar-refractivity contribution is -0.119. The van der Waals surface area contributed by atoms with Gasteiger partial charge in [-0.3, -0.25) is 14.4 Å². The van der Waals surface area contributed by atoms with E-state index in [-0.39, 0.29) is 35.2 Å². The molecule has 0 saturated heterocycles. The predicted molar refractivity (Wildman–Crippen MR) is 174 cm³/mol. The van der Waals surface area contributed by atoms with Crippen LogP contribution in [0.4, 0.5) is 11.4 Å². The summed E-state index contributed by atoms with van der Waals surface area (Å²) in [6.45, 7) is 0. The van der Waals surface area contributed by atoms with E-state index in [2.05, 4.69) is 15.7 Å². The Morgan fingerprint density at radius 3 is 2.16 bits per heavy atom. The van der Waals surface area contributed by atoms with Gasteiger partial charge < -0.3 is 15.7 Å². The van der Waals surface area contributed by atoms with Crippen molar-refractivity contribution in [3.05, 3.63) is 138 Å². The number of thioether (sulfide) groups is 1. The van der Waals surface area contributed by atoms with Crippen molar-refractivity contribution in [3.63, 3.8) is 0 Å².